The topological polar surface area (TPSA) is 17.1 Å². The second kappa shape index (κ2) is 11.5. The normalized spacial score (nSPS) is 14.6. The van der Waals surface area contributed by atoms with E-state index in [9.17, 15) is 4.79 Å². The molecule has 0 bridgehead atoms. The van der Waals surface area contributed by atoms with Gasteiger partial charge in [-0.05, 0) is 31.1 Å². The summed E-state index contributed by atoms with van der Waals surface area (Å²) < 4.78 is 0. The van der Waals surface area contributed by atoms with E-state index in [2.05, 4.69) is 27.7 Å². The second-order valence-electron chi connectivity index (χ2n) is 7.06. The van der Waals surface area contributed by atoms with Crippen molar-refractivity contribution in [2.24, 2.45) is 17.8 Å². The smallest absolute Gasteiger partial charge is 0.129 e. The van der Waals surface area contributed by atoms with Crippen LogP contribution in [0.1, 0.15) is 92.4 Å². The van der Waals surface area contributed by atoms with Crippen LogP contribution in [0.15, 0.2) is 0 Å². The van der Waals surface area contributed by atoms with Gasteiger partial charge < -0.3 is 4.79 Å². The molecule has 0 aliphatic carbocycles. The third-order valence-electron chi connectivity index (χ3n) is 4.10. The van der Waals surface area contributed by atoms with Crippen LogP contribution in [-0.2, 0) is 4.79 Å². The van der Waals surface area contributed by atoms with Crippen LogP contribution in [-0.4, -0.2) is 5.78 Å². The SMILES string of the molecule is CC(=O)CCCC(C)CCC[C@H](C)CCCC(C)C. The van der Waals surface area contributed by atoms with Gasteiger partial charge in [0, 0.05) is 6.42 Å². The fraction of sp³-hybridized carbons (Fsp3) is 0.944. The van der Waals surface area contributed by atoms with Crippen LogP contribution >= 0.6 is 0 Å². The third kappa shape index (κ3) is 13.9. The zero-order chi connectivity index (χ0) is 14.7. The molecule has 2 atom stereocenters. The molecule has 0 N–H and O–H groups in total. The summed E-state index contributed by atoms with van der Waals surface area (Å²) in [5.41, 5.74) is 0. The summed E-state index contributed by atoms with van der Waals surface area (Å²) in [5, 5.41) is 0. The van der Waals surface area contributed by atoms with E-state index in [1.165, 1.54) is 44.9 Å². The minimum Gasteiger partial charge on any atom is -0.300 e. The van der Waals surface area contributed by atoms with Gasteiger partial charge in [-0.3, -0.25) is 0 Å². The van der Waals surface area contributed by atoms with E-state index in [0.29, 0.717) is 5.78 Å². The van der Waals surface area contributed by atoms with E-state index in [-0.39, 0.29) is 0 Å². The lowest BCUT2D eigenvalue weighted by Crippen LogP contribution is -2.01. The average Bonchev–Trinajstić information content (AvgIpc) is 2.27. The lowest BCUT2D eigenvalue weighted by molar-refractivity contribution is -0.117. The zero-order valence-corrected chi connectivity index (χ0v) is 14.0. The Labute approximate surface area is 121 Å². The van der Waals surface area contributed by atoms with Crippen molar-refractivity contribution in [1.29, 1.82) is 0 Å². The summed E-state index contributed by atoms with van der Waals surface area (Å²) in [4.78, 5) is 10.9. The van der Waals surface area contributed by atoms with Crippen LogP contribution in [0.2, 0.25) is 0 Å². The van der Waals surface area contributed by atoms with Gasteiger partial charge in [-0.2, -0.15) is 0 Å². The molecule has 1 unspecified atom stereocenters. The molecule has 0 saturated carbocycles. The number of carbonyl (C=O) groups excluding carboxylic acids is 1. The molecule has 0 aromatic rings. The second-order valence-corrected chi connectivity index (χ2v) is 7.06. The Morgan fingerprint density at radius 3 is 1.58 bits per heavy atom. The summed E-state index contributed by atoms with van der Waals surface area (Å²) in [5.74, 6) is 2.88. The highest BCUT2D eigenvalue weighted by Crippen LogP contribution is 2.21. The van der Waals surface area contributed by atoms with Gasteiger partial charge in [0.05, 0.1) is 0 Å². The highest BCUT2D eigenvalue weighted by atomic mass is 16.1. The molecule has 0 fully saturated rings. The predicted octanol–water partition coefficient (Wildman–Crippen LogP) is 6.01. The monoisotopic (exact) mass is 268 g/mol. The Morgan fingerprint density at radius 1 is 0.737 bits per heavy atom. The summed E-state index contributed by atoms with van der Waals surface area (Å²) in [7, 11) is 0. The van der Waals surface area contributed by atoms with E-state index in [0.717, 1.165) is 30.6 Å². The highest BCUT2D eigenvalue weighted by molar-refractivity contribution is 5.75. The maximum Gasteiger partial charge on any atom is 0.129 e. The summed E-state index contributed by atoms with van der Waals surface area (Å²) in [6, 6.07) is 0. The van der Waals surface area contributed by atoms with Crippen LogP contribution in [0.3, 0.4) is 0 Å². The number of hydrogen-bond acceptors (Lipinski definition) is 1. The van der Waals surface area contributed by atoms with Crippen LogP contribution in [0.25, 0.3) is 0 Å². The molecule has 19 heavy (non-hydrogen) atoms. The largest absolute Gasteiger partial charge is 0.300 e. The Kier molecular flexibility index (Phi) is 11.3. The minimum atomic E-state index is 0.339. The van der Waals surface area contributed by atoms with E-state index in [4.69, 9.17) is 0 Å². The van der Waals surface area contributed by atoms with Crippen molar-refractivity contribution in [3.05, 3.63) is 0 Å². The number of Topliss-reactive ketones (excluding diaryl/α,β-unsaturated/α-hetero) is 1. The summed E-state index contributed by atoms with van der Waals surface area (Å²) >= 11 is 0. The third-order valence-corrected chi connectivity index (χ3v) is 4.10. The molecule has 0 aromatic heterocycles. The molecule has 0 spiro atoms. The van der Waals surface area contributed by atoms with Crippen molar-refractivity contribution >= 4 is 5.78 Å². The number of rotatable bonds is 12. The molecule has 0 saturated heterocycles. The minimum absolute atomic E-state index is 0.339. The van der Waals surface area contributed by atoms with Crippen LogP contribution in [0, 0.1) is 17.8 Å². The molecule has 114 valence electrons. The molecule has 1 nitrogen and oxygen atoms in total. The molecule has 0 aliphatic rings. The first-order chi connectivity index (χ1) is 8.91. The van der Waals surface area contributed by atoms with Crippen molar-refractivity contribution in [2.45, 2.75) is 92.4 Å². The molecule has 0 aromatic carbocycles. The van der Waals surface area contributed by atoms with Crippen molar-refractivity contribution in [3.63, 3.8) is 0 Å². The van der Waals surface area contributed by atoms with Crippen LogP contribution in [0.4, 0.5) is 0 Å². The quantitative estimate of drug-likeness (QED) is 0.423. The molecule has 0 rings (SSSR count). The lowest BCUT2D eigenvalue weighted by atomic mass is 9.92. The predicted molar refractivity (Wildman–Crippen MR) is 85.4 cm³/mol. The number of hydrogen-bond donors (Lipinski definition) is 0. The maximum atomic E-state index is 10.9. The highest BCUT2D eigenvalue weighted by Gasteiger charge is 2.06. The van der Waals surface area contributed by atoms with E-state index in [1.807, 2.05) is 0 Å². The van der Waals surface area contributed by atoms with E-state index >= 15 is 0 Å². The molecule has 0 heterocycles. The first-order valence-corrected chi connectivity index (χ1v) is 8.41. The van der Waals surface area contributed by atoms with Crippen molar-refractivity contribution in [3.8, 4) is 0 Å². The Hall–Kier alpha value is -0.330. The first kappa shape index (κ1) is 18.7. The Morgan fingerprint density at radius 2 is 1.16 bits per heavy atom. The van der Waals surface area contributed by atoms with Crippen LogP contribution in [0.5, 0.6) is 0 Å². The zero-order valence-electron chi connectivity index (χ0n) is 14.0. The fourth-order valence-electron chi connectivity index (χ4n) is 2.68. The summed E-state index contributed by atoms with van der Waals surface area (Å²) in [6.07, 6.45) is 11.3. The number of carbonyl (C=O) groups is 1. The first-order valence-electron chi connectivity index (χ1n) is 8.41. The fourth-order valence-corrected chi connectivity index (χ4v) is 2.68. The van der Waals surface area contributed by atoms with Gasteiger partial charge in [-0.15, -0.1) is 0 Å². The summed E-state index contributed by atoms with van der Waals surface area (Å²) in [6.45, 7) is 11.1. The van der Waals surface area contributed by atoms with Crippen molar-refractivity contribution < 1.29 is 4.79 Å². The van der Waals surface area contributed by atoms with Gasteiger partial charge in [-0.1, -0.05) is 72.6 Å². The van der Waals surface area contributed by atoms with Gasteiger partial charge in [0.2, 0.25) is 0 Å². The Balaban J connectivity index is 3.42. The van der Waals surface area contributed by atoms with E-state index < -0.39 is 0 Å². The van der Waals surface area contributed by atoms with Gasteiger partial charge in [0.25, 0.3) is 0 Å². The molecular weight excluding hydrogens is 232 g/mol. The van der Waals surface area contributed by atoms with Crippen LogP contribution < -0.4 is 0 Å². The molecule has 0 radical (unpaired) electrons. The van der Waals surface area contributed by atoms with Gasteiger partial charge in [-0.25, -0.2) is 0 Å². The van der Waals surface area contributed by atoms with E-state index in [1.54, 1.807) is 6.92 Å². The Bertz CT molecular complexity index is 220. The number of ketones is 1. The van der Waals surface area contributed by atoms with Crippen molar-refractivity contribution in [2.75, 3.05) is 0 Å². The van der Waals surface area contributed by atoms with Gasteiger partial charge in [0.15, 0.2) is 0 Å². The van der Waals surface area contributed by atoms with Crippen molar-refractivity contribution in [1.82, 2.24) is 0 Å². The maximum absolute atomic E-state index is 10.9. The van der Waals surface area contributed by atoms with Gasteiger partial charge in [0.1, 0.15) is 5.78 Å². The molecule has 1 heteroatoms. The average molecular weight is 268 g/mol. The molecule has 0 aliphatic heterocycles. The van der Waals surface area contributed by atoms with Gasteiger partial charge >= 0.3 is 0 Å². The molecular formula is C18H36O. The molecule has 0 amide bonds. The standard InChI is InChI=1S/C18H36O/c1-15(2)9-6-10-16(3)11-7-12-17(4)13-8-14-18(5)19/h15-17H,6-14H2,1-5H3/t16-,17?/m1/s1. The lowest BCUT2D eigenvalue weighted by Gasteiger charge is -2.14.